The van der Waals surface area contributed by atoms with Crippen molar-refractivity contribution in [1.82, 2.24) is 10.2 Å². The van der Waals surface area contributed by atoms with Crippen molar-refractivity contribution >= 4 is 11.8 Å². The van der Waals surface area contributed by atoms with Crippen molar-refractivity contribution in [3.8, 4) is 11.5 Å². The van der Waals surface area contributed by atoms with Crippen LogP contribution in [0, 0.1) is 11.8 Å². The number of carbonyl (C=O) groups excluding carboxylic acids is 2. The zero-order chi connectivity index (χ0) is 21.0. The van der Waals surface area contributed by atoms with Gasteiger partial charge in [-0.2, -0.15) is 0 Å². The molecule has 7 nitrogen and oxygen atoms in total. The molecule has 1 aliphatic heterocycles. The van der Waals surface area contributed by atoms with Crippen LogP contribution in [0.3, 0.4) is 0 Å². The van der Waals surface area contributed by atoms with Gasteiger partial charge in [0.05, 0.1) is 25.4 Å². The maximum Gasteiger partial charge on any atom is 0.254 e. The molecule has 3 rings (SSSR count). The molecule has 2 amide bonds. The Morgan fingerprint density at radius 3 is 2.34 bits per heavy atom. The molecule has 1 heterocycles. The smallest absolute Gasteiger partial charge is 0.254 e. The minimum atomic E-state index is -0.0423. The fraction of sp³-hybridized carbons (Fsp3) is 0.636. The van der Waals surface area contributed by atoms with Gasteiger partial charge in [0.15, 0.2) is 11.5 Å². The second-order valence-corrected chi connectivity index (χ2v) is 7.81. The first-order chi connectivity index (χ1) is 14.0. The molecular weight excluding hydrogens is 372 g/mol. The first-order valence-electron chi connectivity index (χ1n) is 10.5. The highest BCUT2D eigenvalue weighted by Crippen LogP contribution is 2.38. The Morgan fingerprint density at radius 2 is 1.72 bits per heavy atom. The van der Waals surface area contributed by atoms with Crippen LogP contribution < -0.4 is 14.8 Å². The Labute approximate surface area is 172 Å². The fourth-order valence-corrected chi connectivity index (χ4v) is 4.62. The lowest BCUT2D eigenvalue weighted by molar-refractivity contribution is -0.121. The van der Waals surface area contributed by atoms with Crippen LogP contribution in [-0.2, 0) is 9.53 Å². The molecule has 0 bridgehead atoms. The zero-order valence-corrected chi connectivity index (χ0v) is 17.8. The van der Waals surface area contributed by atoms with Crippen LogP contribution in [0.15, 0.2) is 18.2 Å². The van der Waals surface area contributed by atoms with Crippen molar-refractivity contribution in [2.75, 3.05) is 33.4 Å². The molecule has 0 aromatic heterocycles. The zero-order valence-electron chi connectivity index (χ0n) is 17.8. The van der Waals surface area contributed by atoms with Gasteiger partial charge in [0.2, 0.25) is 5.91 Å². The number of carbonyl (C=O) groups is 2. The predicted molar refractivity (Wildman–Crippen MR) is 109 cm³/mol. The first kappa shape index (κ1) is 21.4. The number of rotatable bonds is 7. The Kier molecular flexibility index (Phi) is 7.00. The van der Waals surface area contributed by atoms with E-state index in [4.69, 9.17) is 14.2 Å². The number of fused-ring (bicyclic) bond motifs is 1. The van der Waals surface area contributed by atoms with Crippen molar-refractivity contribution in [2.24, 2.45) is 11.8 Å². The molecule has 0 unspecified atom stereocenters. The Balaban J connectivity index is 1.72. The molecule has 4 atom stereocenters. The third kappa shape index (κ3) is 4.83. The second kappa shape index (κ2) is 9.48. The summed E-state index contributed by atoms with van der Waals surface area (Å²) in [6.45, 7) is 7.83. The van der Waals surface area contributed by atoms with Gasteiger partial charge < -0.3 is 24.4 Å². The summed E-state index contributed by atoms with van der Waals surface area (Å²) in [5.74, 6) is 1.98. The van der Waals surface area contributed by atoms with Gasteiger partial charge in [0.25, 0.3) is 5.91 Å². The Hall–Kier alpha value is -2.28. The summed E-state index contributed by atoms with van der Waals surface area (Å²) in [6, 6.07) is 5.38. The summed E-state index contributed by atoms with van der Waals surface area (Å²) in [5.41, 5.74) is 0.609. The molecule has 1 aromatic carbocycles. The van der Waals surface area contributed by atoms with E-state index in [9.17, 15) is 9.59 Å². The van der Waals surface area contributed by atoms with Crippen LogP contribution in [0.1, 0.15) is 44.0 Å². The largest absolute Gasteiger partial charge is 0.490 e. The van der Waals surface area contributed by atoms with E-state index in [2.05, 4.69) is 5.32 Å². The maximum absolute atomic E-state index is 13.2. The number of likely N-dealkylation sites (tertiary alicyclic amines) is 1. The van der Waals surface area contributed by atoms with Gasteiger partial charge in [0.1, 0.15) is 0 Å². The van der Waals surface area contributed by atoms with Gasteiger partial charge in [-0.05, 0) is 56.7 Å². The summed E-state index contributed by atoms with van der Waals surface area (Å²) in [5, 5.41) is 3.01. The standard InChI is InChI=1S/C22H32N2O5/c1-5-28-19-8-7-15(10-21(19)29-6-2)22(26)24-12-16-9-18(23-14(3)25)20(27-4)11-17(16)13-24/h7-8,10,16-18,20H,5-6,9,11-13H2,1-4H3,(H,23,25)/t16-,17+,18-,20-/m1/s1. The van der Waals surface area contributed by atoms with E-state index in [1.807, 2.05) is 18.7 Å². The summed E-state index contributed by atoms with van der Waals surface area (Å²) in [4.78, 5) is 26.6. The van der Waals surface area contributed by atoms with E-state index >= 15 is 0 Å². The summed E-state index contributed by atoms with van der Waals surface area (Å²) in [6.07, 6.45) is 1.67. The van der Waals surface area contributed by atoms with Gasteiger partial charge in [-0.1, -0.05) is 0 Å². The molecule has 2 fully saturated rings. The normalized spacial score (nSPS) is 26.0. The fourth-order valence-electron chi connectivity index (χ4n) is 4.62. The van der Waals surface area contributed by atoms with Crippen LogP contribution in [0.25, 0.3) is 0 Å². The molecule has 0 radical (unpaired) electrons. The van der Waals surface area contributed by atoms with Crippen LogP contribution in [0.4, 0.5) is 0 Å². The lowest BCUT2D eigenvalue weighted by atomic mass is 9.77. The highest BCUT2D eigenvalue weighted by molar-refractivity contribution is 5.95. The summed E-state index contributed by atoms with van der Waals surface area (Å²) >= 11 is 0. The predicted octanol–water partition coefficient (Wildman–Crippen LogP) is 2.49. The van der Waals surface area contributed by atoms with Gasteiger partial charge in [-0.15, -0.1) is 0 Å². The van der Waals surface area contributed by atoms with Crippen molar-refractivity contribution in [2.45, 2.75) is 45.8 Å². The minimum Gasteiger partial charge on any atom is -0.490 e. The number of amides is 2. The second-order valence-electron chi connectivity index (χ2n) is 7.81. The lowest BCUT2D eigenvalue weighted by Gasteiger charge is -2.37. The van der Waals surface area contributed by atoms with Gasteiger partial charge in [-0.3, -0.25) is 9.59 Å². The van der Waals surface area contributed by atoms with E-state index in [1.165, 1.54) is 6.92 Å². The number of hydrogen-bond donors (Lipinski definition) is 1. The van der Waals surface area contributed by atoms with Crippen molar-refractivity contribution in [1.29, 1.82) is 0 Å². The first-order valence-corrected chi connectivity index (χ1v) is 10.5. The number of benzene rings is 1. The van der Waals surface area contributed by atoms with Gasteiger partial charge in [0, 0.05) is 32.7 Å². The minimum absolute atomic E-state index is 0.00355. The van der Waals surface area contributed by atoms with Crippen LogP contribution >= 0.6 is 0 Å². The topological polar surface area (TPSA) is 77.1 Å². The number of nitrogens with zero attached hydrogens (tertiary/aromatic N) is 1. The molecule has 29 heavy (non-hydrogen) atoms. The van der Waals surface area contributed by atoms with E-state index < -0.39 is 0 Å². The van der Waals surface area contributed by atoms with E-state index in [1.54, 1.807) is 25.3 Å². The molecule has 160 valence electrons. The van der Waals surface area contributed by atoms with Crippen molar-refractivity contribution < 1.29 is 23.8 Å². The number of nitrogens with one attached hydrogen (secondary N) is 1. The molecule has 1 saturated heterocycles. The average molecular weight is 405 g/mol. The molecule has 1 saturated carbocycles. The van der Waals surface area contributed by atoms with Crippen LogP contribution in [0.5, 0.6) is 11.5 Å². The van der Waals surface area contributed by atoms with Gasteiger partial charge in [-0.25, -0.2) is 0 Å². The summed E-state index contributed by atoms with van der Waals surface area (Å²) in [7, 11) is 1.69. The molecule has 1 aliphatic carbocycles. The third-order valence-electron chi connectivity index (χ3n) is 5.89. The van der Waals surface area contributed by atoms with E-state index in [-0.39, 0.29) is 24.0 Å². The highest BCUT2D eigenvalue weighted by atomic mass is 16.5. The Bertz CT molecular complexity index is 738. The van der Waals surface area contributed by atoms with Crippen LogP contribution in [-0.4, -0.2) is 62.3 Å². The lowest BCUT2D eigenvalue weighted by Crippen LogP contribution is -2.49. The van der Waals surface area contributed by atoms with E-state index in [0.29, 0.717) is 55.2 Å². The van der Waals surface area contributed by atoms with Crippen molar-refractivity contribution in [3.05, 3.63) is 23.8 Å². The number of methoxy groups -OCH3 is 1. The number of ether oxygens (including phenoxy) is 3. The van der Waals surface area contributed by atoms with Gasteiger partial charge >= 0.3 is 0 Å². The molecule has 0 spiro atoms. The molecule has 1 aromatic rings. The third-order valence-corrected chi connectivity index (χ3v) is 5.89. The average Bonchev–Trinajstić information content (AvgIpc) is 3.10. The number of hydrogen-bond acceptors (Lipinski definition) is 5. The monoisotopic (exact) mass is 404 g/mol. The molecular formula is C22H32N2O5. The highest BCUT2D eigenvalue weighted by Gasteiger charge is 2.44. The quantitative estimate of drug-likeness (QED) is 0.756. The Morgan fingerprint density at radius 1 is 1.07 bits per heavy atom. The SMILES string of the molecule is CCOc1ccc(C(=O)N2C[C@H]3C[C@@H](NC(C)=O)[C@H](OC)C[C@H]3C2)cc1OCC. The molecule has 7 heteroatoms. The van der Waals surface area contributed by atoms with Crippen LogP contribution in [0.2, 0.25) is 0 Å². The molecule has 1 N–H and O–H groups in total. The summed E-state index contributed by atoms with van der Waals surface area (Å²) < 4.78 is 16.9. The molecule has 2 aliphatic rings. The maximum atomic E-state index is 13.2. The van der Waals surface area contributed by atoms with Crippen molar-refractivity contribution in [3.63, 3.8) is 0 Å². The van der Waals surface area contributed by atoms with E-state index in [0.717, 1.165) is 12.8 Å².